The largest absolute Gasteiger partial charge is 0.507 e. The van der Waals surface area contributed by atoms with Crippen molar-refractivity contribution in [3.05, 3.63) is 47.3 Å². The van der Waals surface area contributed by atoms with Crippen molar-refractivity contribution in [1.82, 2.24) is 19.7 Å². The van der Waals surface area contributed by atoms with Gasteiger partial charge < -0.3 is 24.5 Å². The molecule has 38 heavy (non-hydrogen) atoms. The Bertz CT molecular complexity index is 1390. The first-order chi connectivity index (χ1) is 19.3. The lowest BCUT2D eigenvalue weighted by atomic mass is 10.0. The van der Waals surface area contributed by atoms with Gasteiger partial charge in [0.25, 0.3) is 5.91 Å². The Kier molecular flexibility index (Phi) is 5.99. The Morgan fingerprint density at radius 2 is 2.03 bits per heavy atom. The lowest BCUT2D eigenvalue weighted by Crippen LogP contribution is -2.58. The molecule has 2 fully saturated rings. The van der Waals surface area contributed by atoms with E-state index in [4.69, 9.17) is 20.5 Å². The Morgan fingerprint density at radius 3 is 2.74 bits per heavy atom. The molecule has 1 N–H and O–H groups in total. The van der Waals surface area contributed by atoms with E-state index in [1.807, 2.05) is 11.8 Å². The van der Waals surface area contributed by atoms with Crippen LogP contribution in [0.4, 0.5) is 10.2 Å². The fraction of sp³-hybridized carbons (Fsp3) is 0.444. The van der Waals surface area contributed by atoms with Crippen molar-refractivity contribution >= 4 is 29.2 Å². The number of hydrogen-bond donors (Lipinski definition) is 1. The summed E-state index contributed by atoms with van der Waals surface area (Å²) in [6.07, 6.45) is 1.22. The topological polar surface area (TPSA) is 89.5 Å². The number of halogens is 2. The molecule has 9 nitrogen and oxygen atoms in total. The number of hydrogen-bond acceptors (Lipinski definition) is 7. The summed E-state index contributed by atoms with van der Waals surface area (Å²) >= 11 is 6.79. The van der Waals surface area contributed by atoms with Gasteiger partial charge >= 0.3 is 0 Å². The van der Waals surface area contributed by atoms with Gasteiger partial charge in [-0.25, -0.2) is 9.37 Å². The van der Waals surface area contributed by atoms with Crippen molar-refractivity contribution in [2.45, 2.75) is 32.0 Å². The second-order valence-electron chi connectivity index (χ2n) is 9.89. The number of carbonyl (C=O) groups is 2. The zero-order valence-corrected chi connectivity index (χ0v) is 21.9. The van der Waals surface area contributed by atoms with Gasteiger partial charge in [-0.05, 0) is 39.0 Å². The number of pyridine rings is 1. The molecule has 0 radical (unpaired) electrons. The molecular weight excluding hydrogens is 513 g/mol. The van der Waals surface area contributed by atoms with E-state index in [1.54, 1.807) is 16.7 Å². The minimum atomic E-state index is -2.32. The number of carbonyl (C=O) groups excluding carboxylic acids is 2. The smallest absolute Gasteiger partial charge is 0.261 e. The first-order valence-electron chi connectivity index (χ1n) is 13.9. The number of benzene rings is 1. The maximum atomic E-state index is 15.1. The molecule has 2 amide bonds. The molecule has 5 rings (SSSR count). The molecule has 202 valence electrons. The molecule has 3 atom stereocenters. The first kappa shape index (κ1) is 22.6. The molecule has 3 aliphatic heterocycles. The number of phenolic OH excluding ortho intramolecular Hbond substituents is 1. The number of piperazine rings is 2. The van der Waals surface area contributed by atoms with Crippen LogP contribution in [0.5, 0.6) is 11.5 Å². The summed E-state index contributed by atoms with van der Waals surface area (Å²) < 4.78 is 45.1. The van der Waals surface area contributed by atoms with Crippen LogP contribution in [-0.4, -0.2) is 101 Å². The van der Waals surface area contributed by atoms with Gasteiger partial charge in [-0.15, -0.1) is 0 Å². The predicted molar refractivity (Wildman–Crippen MR) is 142 cm³/mol. The highest BCUT2D eigenvalue weighted by Crippen LogP contribution is 2.46. The SMILES string of the molecule is [2H]C([2H])([2H])N1C[C@H](C)N(c2nc(-c3c(O)cccc3F)c(Cl)c3c2C(=O)N2CCN(C(=O)C=C)C[C@@H]2CO3)C[C@@H]1C. The van der Waals surface area contributed by atoms with E-state index in [0.717, 1.165) is 6.07 Å². The van der Waals surface area contributed by atoms with E-state index in [-0.39, 0.29) is 72.1 Å². The maximum absolute atomic E-state index is 15.1. The van der Waals surface area contributed by atoms with Gasteiger partial charge in [0.1, 0.15) is 40.3 Å². The van der Waals surface area contributed by atoms with Crippen LogP contribution in [-0.2, 0) is 4.79 Å². The number of aromatic hydroxyl groups is 1. The molecule has 3 aliphatic rings. The van der Waals surface area contributed by atoms with Crippen LogP contribution in [0.3, 0.4) is 0 Å². The number of aromatic nitrogens is 1. The highest BCUT2D eigenvalue weighted by Gasteiger charge is 2.42. The Hall–Kier alpha value is -3.37. The Labute approximate surface area is 230 Å². The summed E-state index contributed by atoms with van der Waals surface area (Å²) in [5, 5.41) is 10.4. The number of nitrogens with zero attached hydrogens (tertiary/aromatic N) is 5. The number of amides is 2. The van der Waals surface area contributed by atoms with Crippen LogP contribution in [0.1, 0.15) is 28.3 Å². The third-order valence-corrected chi connectivity index (χ3v) is 7.78. The molecule has 0 bridgehead atoms. The number of ether oxygens (including phenoxy) is 1. The second-order valence-corrected chi connectivity index (χ2v) is 10.3. The van der Waals surface area contributed by atoms with Crippen LogP contribution in [0.2, 0.25) is 5.02 Å². The molecule has 0 saturated carbocycles. The summed E-state index contributed by atoms with van der Waals surface area (Å²) in [6.45, 7) is 5.91. The average molecular weight is 547 g/mol. The van der Waals surface area contributed by atoms with E-state index in [1.165, 1.54) is 23.1 Å². The number of anilines is 1. The normalized spacial score (nSPS) is 25.4. The van der Waals surface area contributed by atoms with E-state index in [0.29, 0.717) is 6.54 Å². The highest BCUT2D eigenvalue weighted by atomic mass is 35.5. The Morgan fingerprint density at radius 1 is 1.24 bits per heavy atom. The summed E-state index contributed by atoms with van der Waals surface area (Å²) in [5.74, 6) is -1.69. The average Bonchev–Trinajstić information content (AvgIpc) is 3.06. The van der Waals surface area contributed by atoms with Gasteiger partial charge in [-0.3, -0.25) is 14.5 Å². The van der Waals surface area contributed by atoms with Gasteiger partial charge in [-0.1, -0.05) is 24.2 Å². The van der Waals surface area contributed by atoms with E-state index < -0.39 is 42.6 Å². The van der Waals surface area contributed by atoms with Crippen molar-refractivity contribution in [2.24, 2.45) is 0 Å². The summed E-state index contributed by atoms with van der Waals surface area (Å²) in [4.78, 5) is 37.6. The van der Waals surface area contributed by atoms with Gasteiger partial charge in [0.15, 0.2) is 5.75 Å². The van der Waals surface area contributed by atoms with Crippen LogP contribution in [0, 0.1) is 5.82 Å². The number of likely N-dealkylation sites (N-methyl/N-ethyl adjacent to an activating group) is 1. The highest BCUT2D eigenvalue weighted by molar-refractivity contribution is 6.35. The first-order valence-corrected chi connectivity index (χ1v) is 12.8. The fourth-order valence-electron chi connectivity index (χ4n) is 5.32. The fourth-order valence-corrected chi connectivity index (χ4v) is 5.60. The number of phenols is 1. The van der Waals surface area contributed by atoms with Gasteiger partial charge in [0.05, 0.1) is 11.6 Å². The quantitative estimate of drug-likeness (QED) is 0.592. The van der Waals surface area contributed by atoms with Gasteiger partial charge in [0.2, 0.25) is 5.91 Å². The molecule has 2 saturated heterocycles. The molecule has 0 unspecified atom stereocenters. The van der Waals surface area contributed by atoms with Crippen LogP contribution in [0.25, 0.3) is 11.3 Å². The van der Waals surface area contributed by atoms with Crippen LogP contribution < -0.4 is 9.64 Å². The van der Waals surface area contributed by atoms with Crippen molar-refractivity contribution in [3.63, 3.8) is 0 Å². The minimum absolute atomic E-state index is 0.00428. The molecular formula is C27H31ClFN5O4. The maximum Gasteiger partial charge on any atom is 0.261 e. The molecule has 0 aliphatic carbocycles. The molecule has 1 aromatic heterocycles. The molecule has 0 spiro atoms. The zero-order valence-electron chi connectivity index (χ0n) is 24.2. The summed E-state index contributed by atoms with van der Waals surface area (Å²) in [7, 11) is 0. The second kappa shape index (κ2) is 10.1. The van der Waals surface area contributed by atoms with E-state index in [2.05, 4.69) is 11.6 Å². The summed E-state index contributed by atoms with van der Waals surface area (Å²) in [6, 6.07) is 2.46. The third-order valence-electron chi connectivity index (χ3n) is 7.43. The van der Waals surface area contributed by atoms with Crippen molar-refractivity contribution in [3.8, 4) is 22.8 Å². The number of fused-ring (bicyclic) bond motifs is 2. The molecule has 11 heteroatoms. The van der Waals surface area contributed by atoms with Crippen molar-refractivity contribution in [1.29, 1.82) is 0 Å². The lowest BCUT2D eigenvalue weighted by molar-refractivity contribution is -0.128. The van der Waals surface area contributed by atoms with Gasteiger partial charge in [0, 0.05) is 48.9 Å². The number of rotatable bonds is 3. The molecule has 2 aromatic rings. The third kappa shape index (κ3) is 4.35. The van der Waals surface area contributed by atoms with Gasteiger partial charge in [-0.2, -0.15) is 0 Å². The predicted octanol–water partition coefficient (Wildman–Crippen LogP) is 3.01. The standard InChI is InChI=1S/C27H31ClFN5O4/c1-5-20(36)32-9-10-33-17(13-32)14-38-25-22(27(33)37)26(34-12-15(2)31(4)11-16(34)3)30-24(23(25)28)21-18(29)7-6-8-19(21)35/h5-8,15-17,35H,1,9-14H2,2-4H3/t15-,16-,17+/m0/s1/i4D3. The van der Waals surface area contributed by atoms with Crippen LogP contribution in [0.15, 0.2) is 30.9 Å². The van der Waals surface area contributed by atoms with Crippen molar-refractivity contribution < 1.29 is 27.9 Å². The lowest BCUT2D eigenvalue weighted by Gasteiger charge is -2.44. The van der Waals surface area contributed by atoms with Crippen molar-refractivity contribution in [2.75, 3.05) is 51.2 Å². The molecule has 4 heterocycles. The molecule has 1 aromatic carbocycles. The monoisotopic (exact) mass is 546 g/mol. The van der Waals surface area contributed by atoms with Crippen LogP contribution >= 0.6 is 11.6 Å². The Balaban J connectivity index is 1.66. The zero-order chi connectivity index (χ0) is 29.8. The van der Waals surface area contributed by atoms with E-state index >= 15 is 4.39 Å². The summed E-state index contributed by atoms with van der Waals surface area (Å²) in [5.41, 5.74) is -0.281. The minimum Gasteiger partial charge on any atom is -0.507 e. The van der Waals surface area contributed by atoms with E-state index in [9.17, 15) is 14.7 Å².